The third kappa shape index (κ3) is 8.29. The predicted molar refractivity (Wildman–Crippen MR) is 159 cm³/mol. The maximum absolute atomic E-state index is 12.0. The van der Waals surface area contributed by atoms with Gasteiger partial charge in [0.2, 0.25) is 0 Å². The van der Waals surface area contributed by atoms with Gasteiger partial charge < -0.3 is 25.1 Å². The molecule has 1 aromatic heterocycles. The molecule has 0 bridgehead atoms. The van der Waals surface area contributed by atoms with Gasteiger partial charge in [-0.3, -0.25) is 10.3 Å². The summed E-state index contributed by atoms with van der Waals surface area (Å²) in [5.74, 6) is 1.17. The van der Waals surface area contributed by atoms with E-state index in [9.17, 15) is 4.79 Å². The summed E-state index contributed by atoms with van der Waals surface area (Å²) < 4.78 is 12.0. The van der Waals surface area contributed by atoms with Crippen molar-refractivity contribution in [3.8, 4) is 0 Å². The van der Waals surface area contributed by atoms with Gasteiger partial charge in [-0.05, 0) is 82.7 Å². The van der Waals surface area contributed by atoms with E-state index >= 15 is 0 Å². The number of nitrogens with two attached hydrogens (primary N) is 1. The van der Waals surface area contributed by atoms with E-state index in [1.165, 1.54) is 5.56 Å². The number of alkyl carbamates (subject to hydrolysis) is 1. The van der Waals surface area contributed by atoms with Crippen molar-refractivity contribution in [3.05, 3.63) is 65.5 Å². The highest BCUT2D eigenvalue weighted by atomic mass is 16.6. The van der Waals surface area contributed by atoms with Crippen LogP contribution >= 0.6 is 0 Å². The second kappa shape index (κ2) is 13.3. The number of benzene rings is 2. The Hall–Kier alpha value is -3.43. The lowest BCUT2D eigenvalue weighted by molar-refractivity contribution is -0.0264. The summed E-state index contributed by atoms with van der Waals surface area (Å²) >= 11 is 0. The molecule has 0 spiro atoms. The van der Waals surface area contributed by atoms with Gasteiger partial charge in [-0.1, -0.05) is 43.3 Å². The molecule has 4 N–H and O–H groups in total. The average molecular weight is 549 g/mol. The van der Waals surface area contributed by atoms with E-state index in [0.29, 0.717) is 6.54 Å². The van der Waals surface area contributed by atoms with Gasteiger partial charge in [-0.25, -0.2) is 9.78 Å². The van der Waals surface area contributed by atoms with Crippen LogP contribution in [-0.2, 0) is 9.47 Å². The van der Waals surface area contributed by atoms with Crippen molar-refractivity contribution in [2.45, 2.75) is 77.1 Å². The van der Waals surface area contributed by atoms with Crippen molar-refractivity contribution in [1.29, 1.82) is 0 Å². The summed E-state index contributed by atoms with van der Waals surface area (Å²) in [5.41, 5.74) is 9.58. The Balaban J connectivity index is 1.50. The number of para-hydroxylation sites is 2. The van der Waals surface area contributed by atoms with E-state index in [2.05, 4.69) is 58.4 Å². The third-order valence-electron chi connectivity index (χ3n) is 7.22. The lowest BCUT2D eigenvalue weighted by Crippen LogP contribution is -2.40. The molecule has 2 atom stereocenters. The number of guanidine groups is 1. The highest BCUT2D eigenvalue weighted by Crippen LogP contribution is 2.33. The maximum Gasteiger partial charge on any atom is 0.414 e. The van der Waals surface area contributed by atoms with Gasteiger partial charge in [0, 0.05) is 19.6 Å². The van der Waals surface area contributed by atoms with Crippen LogP contribution in [0.1, 0.15) is 82.4 Å². The molecule has 216 valence electrons. The van der Waals surface area contributed by atoms with E-state index in [-0.39, 0.29) is 24.1 Å². The summed E-state index contributed by atoms with van der Waals surface area (Å²) in [6.45, 7) is 10.1. The predicted octanol–water partition coefficient (Wildman–Crippen LogP) is 5.49. The quantitative estimate of drug-likeness (QED) is 0.241. The van der Waals surface area contributed by atoms with Crippen molar-refractivity contribution in [2.24, 2.45) is 10.7 Å². The zero-order valence-corrected chi connectivity index (χ0v) is 24.4. The number of nitrogens with one attached hydrogen (secondary N) is 2. The van der Waals surface area contributed by atoms with Crippen molar-refractivity contribution in [3.63, 3.8) is 0 Å². The molecule has 3 aromatic rings. The normalized spacial score (nSPS) is 17.1. The Labute approximate surface area is 237 Å². The first-order valence-electron chi connectivity index (χ1n) is 14.3. The summed E-state index contributed by atoms with van der Waals surface area (Å²) in [5, 5.41) is 2.50. The fraction of sp³-hybridized carbons (Fsp3) is 0.516. The topological polar surface area (TPSA) is 118 Å². The molecule has 1 saturated heterocycles. The summed E-state index contributed by atoms with van der Waals surface area (Å²) in [6, 6.07) is 16.7. The van der Waals surface area contributed by atoms with Crippen molar-refractivity contribution >= 4 is 23.1 Å². The lowest BCUT2D eigenvalue weighted by atomic mass is 9.91. The number of hydrogen-bond donors (Lipinski definition) is 3. The number of amides is 1. The maximum atomic E-state index is 12.0. The van der Waals surface area contributed by atoms with E-state index in [1.807, 2.05) is 24.3 Å². The van der Waals surface area contributed by atoms with Crippen molar-refractivity contribution < 1.29 is 14.3 Å². The van der Waals surface area contributed by atoms with Crippen LogP contribution in [0.2, 0.25) is 0 Å². The standard InChI is InChI=1S/C31H44N6O3/c1-6-21(14-17-33-29(32)36-30(38)40-31(2,3)4)22-10-9-11-23(20-22)27(39-24-15-18-37(5)19-16-24)28-34-25-12-7-8-13-26(25)35-28/h7-13,20-21,24,27H,6,14-19H2,1-5H3,(H,34,35)(H3,32,33,36,38). The van der Waals surface area contributed by atoms with Crippen LogP contribution in [0.15, 0.2) is 53.5 Å². The van der Waals surface area contributed by atoms with E-state index in [1.54, 1.807) is 20.8 Å². The Kier molecular flexibility index (Phi) is 9.81. The number of fused-ring (bicyclic) bond motifs is 1. The Morgan fingerprint density at radius 3 is 2.60 bits per heavy atom. The minimum absolute atomic E-state index is 0.0642. The number of piperidine rings is 1. The monoisotopic (exact) mass is 548 g/mol. The van der Waals surface area contributed by atoms with E-state index in [4.69, 9.17) is 20.2 Å². The molecule has 0 aliphatic carbocycles. The Bertz CT molecular complexity index is 1260. The number of aromatic amines is 1. The SMILES string of the molecule is CCC(CCN=C(N)NC(=O)OC(C)(C)C)c1cccc(C(OC2CCN(C)CC2)c2nc3ccccc3[nH]2)c1. The number of carbonyl (C=O) groups excluding carboxylic acids is 1. The van der Waals surface area contributed by atoms with Crippen LogP contribution in [0.4, 0.5) is 4.79 Å². The molecule has 40 heavy (non-hydrogen) atoms. The lowest BCUT2D eigenvalue weighted by Gasteiger charge is -2.31. The molecule has 2 heterocycles. The van der Waals surface area contributed by atoms with Gasteiger partial charge in [0.05, 0.1) is 17.1 Å². The van der Waals surface area contributed by atoms with Crippen LogP contribution in [0.25, 0.3) is 11.0 Å². The van der Waals surface area contributed by atoms with Crippen LogP contribution in [-0.4, -0.2) is 65.3 Å². The van der Waals surface area contributed by atoms with Crippen LogP contribution < -0.4 is 11.1 Å². The van der Waals surface area contributed by atoms with Gasteiger partial charge in [0.1, 0.15) is 17.5 Å². The van der Waals surface area contributed by atoms with Crippen LogP contribution in [0.5, 0.6) is 0 Å². The van der Waals surface area contributed by atoms with E-state index < -0.39 is 11.7 Å². The van der Waals surface area contributed by atoms with Crippen molar-refractivity contribution in [1.82, 2.24) is 20.2 Å². The molecule has 0 saturated carbocycles. The van der Waals surface area contributed by atoms with Crippen LogP contribution in [0, 0.1) is 0 Å². The van der Waals surface area contributed by atoms with E-state index in [0.717, 1.165) is 61.2 Å². The number of aromatic nitrogens is 2. The number of nitrogens with zero attached hydrogens (tertiary/aromatic N) is 3. The largest absolute Gasteiger partial charge is 0.444 e. The van der Waals surface area contributed by atoms with Gasteiger partial charge in [-0.2, -0.15) is 0 Å². The number of imidazole rings is 1. The number of carbonyl (C=O) groups is 1. The number of likely N-dealkylation sites (tertiary alicyclic amines) is 1. The third-order valence-corrected chi connectivity index (χ3v) is 7.22. The molecule has 1 aliphatic heterocycles. The summed E-state index contributed by atoms with van der Waals surface area (Å²) in [6.07, 6.45) is 3.03. The van der Waals surface area contributed by atoms with Gasteiger partial charge in [0.15, 0.2) is 5.96 Å². The van der Waals surface area contributed by atoms with Crippen LogP contribution in [0.3, 0.4) is 0 Å². The molecule has 9 heteroatoms. The fourth-order valence-corrected chi connectivity index (χ4v) is 5.08. The minimum atomic E-state index is -0.602. The second-order valence-corrected chi connectivity index (χ2v) is 11.6. The molecular weight excluding hydrogens is 504 g/mol. The molecule has 1 aliphatic rings. The van der Waals surface area contributed by atoms with Gasteiger partial charge in [-0.15, -0.1) is 0 Å². The molecular formula is C31H44N6O3. The molecule has 2 aromatic carbocycles. The molecule has 2 unspecified atom stereocenters. The fourth-order valence-electron chi connectivity index (χ4n) is 5.08. The van der Waals surface area contributed by atoms with Gasteiger partial charge in [0.25, 0.3) is 0 Å². The number of hydrogen-bond acceptors (Lipinski definition) is 6. The highest BCUT2D eigenvalue weighted by molar-refractivity contribution is 5.92. The number of ether oxygens (including phenoxy) is 2. The first kappa shape index (κ1) is 29.6. The Morgan fingerprint density at radius 1 is 1.18 bits per heavy atom. The first-order chi connectivity index (χ1) is 19.1. The zero-order chi connectivity index (χ0) is 28.7. The van der Waals surface area contributed by atoms with Gasteiger partial charge >= 0.3 is 6.09 Å². The molecule has 0 radical (unpaired) electrons. The molecule has 4 rings (SSSR count). The molecule has 9 nitrogen and oxygen atoms in total. The zero-order valence-electron chi connectivity index (χ0n) is 24.4. The van der Waals surface area contributed by atoms with Crippen molar-refractivity contribution in [2.75, 3.05) is 26.7 Å². The Morgan fingerprint density at radius 2 is 1.90 bits per heavy atom. The highest BCUT2D eigenvalue weighted by Gasteiger charge is 2.26. The average Bonchev–Trinajstić information content (AvgIpc) is 3.34. The molecule has 1 amide bonds. The summed E-state index contributed by atoms with van der Waals surface area (Å²) in [7, 11) is 2.16. The minimum Gasteiger partial charge on any atom is -0.444 e. The number of rotatable bonds is 9. The smallest absolute Gasteiger partial charge is 0.414 e. The summed E-state index contributed by atoms with van der Waals surface area (Å²) in [4.78, 5) is 27.1. The number of H-pyrrole nitrogens is 1. The first-order valence-corrected chi connectivity index (χ1v) is 14.3. The molecule has 1 fully saturated rings. The second-order valence-electron chi connectivity index (χ2n) is 11.6. The number of aliphatic imine (C=N–C) groups is 1.